The van der Waals surface area contributed by atoms with Crippen molar-refractivity contribution in [2.24, 2.45) is 0 Å². The number of benzene rings is 2. The molecule has 0 aliphatic carbocycles. The monoisotopic (exact) mass is 314 g/mol. The Balaban J connectivity index is 1.94. The second-order valence-electron chi connectivity index (χ2n) is 5.53. The normalized spacial score (nSPS) is 12.7. The number of hydrogen-bond donors (Lipinski definition) is 2. The zero-order chi connectivity index (χ0) is 16.2. The highest BCUT2D eigenvalue weighted by molar-refractivity contribution is 5.75. The van der Waals surface area contributed by atoms with Crippen LogP contribution in [0.1, 0.15) is 23.9 Å². The molecular formula is C18H19FN2O2. The van der Waals surface area contributed by atoms with Gasteiger partial charge in [0.25, 0.3) is 0 Å². The van der Waals surface area contributed by atoms with Crippen LogP contribution in [0.15, 0.2) is 48.5 Å². The second kappa shape index (κ2) is 6.89. The smallest absolute Gasteiger partial charge is 0.123 e. The summed E-state index contributed by atoms with van der Waals surface area (Å²) in [7, 11) is 0. The Morgan fingerprint density at radius 1 is 1.13 bits per heavy atom. The van der Waals surface area contributed by atoms with E-state index in [4.69, 9.17) is 5.11 Å². The van der Waals surface area contributed by atoms with Crippen molar-refractivity contribution in [3.8, 4) is 0 Å². The van der Waals surface area contributed by atoms with Crippen LogP contribution < -0.4 is 0 Å². The number of rotatable bonds is 6. The summed E-state index contributed by atoms with van der Waals surface area (Å²) < 4.78 is 15.3. The number of aryl methyl sites for hydroxylation is 1. The first kappa shape index (κ1) is 15.6. The number of imidazole rings is 1. The highest BCUT2D eigenvalue weighted by Crippen LogP contribution is 2.22. The largest absolute Gasteiger partial charge is 0.396 e. The molecule has 1 aromatic heterocycles. The molecular weight excluding hydrogens is 295 g/mol. The molecule has 4 nitrogen and oxygen atoms in total. The number of fused-ring (bicyclic) bond motifs is 1. The van der Waals surface area contributed by atoms with Gasteiger partial charge in [-0.15, -0.1) is 0 Å². The average Bonchev–Trinajstić information content (AvgIpc) is 2.90. The molecule has 0 amide bonds. The van der Waals surface area contributed by atoms with Crippen molar-refractivity contribution in [1.29, 1.82) is 0 Å². The van der Waals surface area contributed by atoms with Gasteiger partial charge in [0.15, 0.2) is 0 Å². The quantitative estimate of drug-likeness (QED) is 0.735. The first-order valence-electron chi connectivity index (χ1n) is 7.67. The van der Waals surface area contributed by atoms with Crippen LogP contribution in [0.4, 0.5) is 4.39 Å². The fourth-order valence-electron chi connectivity index (χ4n) is 2.75. The van der Waals surface area contributed by atoms with Gasteiger partial charge in [0.1, 0.15) is 11.6 Å². The van der Waals surface area contributed by atoms with E-state index >= 15 is 0 Å². The fraction of sp³-hybridized carbons (Fsp3) is 0.278. The summed E-state index contributed by atoms with van der Waals surface area (Å²) in [6, 6.07) is 13.7. The molecule has 3 rings (SSSR count). The Labute approximate surface area is 133 Å². The summed E-state index contributed by atoms with van der Waals surface area (Å²) in [4.78, 5) is 4.58. The number of para-hydroxylation sites is 2. The molecule has 1 unspecified atom stereocenters. The molecule has 0 saturated carbocycles. The van der Waals surface area contributed by atoms with Crippen LogP contribution >= 0.6 is 0 Å². The number of hydrogen-bond acceptors (Lipinski definition) is 3. The minimum atomic E-state index is -0.823. The highest BCUT2D eigenvalue weighted by atomic mass is 19.1. The van der Waals surface area contributed by atoms with E-state index in [1.54, 1.807) is 12.1 Å². The van der Waals surface area contributed by atoms with E-state index in [1.807, 2.05) is 28.8 Å². The Morgan fingerprint density at radius 3 is 2.74 bits per heavy atom. The minimum Gasteiger partial charge on any atom is -0.396 e. The zero-order valence-electron chi connectivity index (χ0n) is 12.7. The lowest BCUT2D eigenvalue weighted by Crippen LogP contribution is -2.12. The number of halogens is 1. The predicted octanol–water partition coefficient (Wildman–Crippen LogP) is 2.83. The minimum absolute atomic E-state index is 0.0929. The summed E-state index contributed by atoms with van der Waals surface area (Å²) in [5.74, 6) is 0.452. The van der Waals surface area contributed by atoms with Gasteiger partial charge in [-0.1, -0.05) is 24.3 Å². The van der Waals surface area contributed by atoms with Crippen molar-refractivity contribution in [1.82, 2.24) is 9.55 Å². The third-order valence-electron chi connectivity index (χ3n) is 3.88. The molecule has 0 spiro atoms. The van der Waals surface area contributed by atoms with Gasteiger partial charge in [-0.25, -0.2) is 9.37 Å². The number of aromatic nitrogens is 2. The topological polar surface area (TPSA) is 58.3 Å². The third kappa shape index (κ3) is 3.41. The fourth-order valence-corrected chi connectivity index (χ4v) is 2.75. The average molecular weight is 314 g/mol. The van der Waals surface area contributed by atoms with Crippen molar-refractivity contribution in [2.75, 3.05) is 6.61 Å². The predicted molar refractivity (Wildman–Crippen MR) is 86.5 cm³/mol. The van der Waals surface area contributed by atoms with E-state index in [2.05, 4.69) is 4.98 Å². The molecule has 2 aromatic carbocycles. The molecule has 3 aromatic rings. The third-order valence-corrected chi connectivity index (χ3v) is 3.88. The van der Waals surface area contributed by atoms with Crippen LogP contribution in [0.2, 0.25) is 0 Å². The molecule has 0 radical (unpaired) electrons. The van der Waals surface area contributed by atoms with Crippen LogP contribution in [0.5, 0.6) is 0 Å². The van der Waals surface area contributed by atoms with Gasteiger partial charge in [-0.05, 0) is 36.2 Å². The molecule has 1 heterocycles. The lowest BCUT2D eigenvalue weighted by atomic mass is 10.1. The van der Waals surface area contributed by atoms with Gasteiger partial charge in [0.05, 0.1) is 23.7 Å². The Morgan fingerprint density at radius 2 is 1.96 bits per heavy atom. The van der Waals surface area contributed by atoms with E-state index in [9.17, 15) is 9.50 Å². The van der Waals surface area contributed by atoms with E-state index in [0.29, 0.717) is 24.9 Å². The Hall–Kier alpha value is -2.24. The summed E-state index contributed by atoms with van der Waals surface area (Å²) in [6.45, 7) is 0.389. The molecule has 0 aliphatic heterocycles. The maximum Gasteiger partial charge on any atom is 0.123 e. The zero-order valence-corrected chi connectivity index (χ0v) is 12.7. The van der Waals surface area contributed by atoms with Crippen LogP contribution in [-0.4, -0.2) is 26.4 Å². The summed E-state index contributed by atoms with van der Waals surface area (Å²) >= 11 is 0. The Kier molecular flexibility index (Phi) is 4.69. The van der Waals surface area contributed by atoms with Crippen molar-refractivity contribution in [3.63, 3.8) is 0 Å². The lowest BCUT2D eigenvalue weighted by molar-refractivity contribution is 0.156. The van der Waals surface area contributed by atoms with Crippen LogP contribution in [0, 0.1) is 5.82 Å². The van der Waals surface area contributed by atoms with Gasteiger partial charge < -0.3 is 14.8 Å². The number of aliphatic hydroxyl groups excluding tert-OH is 2. The SMILES string of the molecule is OCCCc1nc2ccccc2n1CC(O)c1cccc(F)c1. The standard InChI is InChI=1S/C18H19FN2O2/c19-14-6-3-5-13(11-14)17(23)12-21-16-8-2-1-7-15(16)20-18(21)9-4-10-22/h1-3,5-8,11,17,22-23H,4,9-10,12H2. The van der Waals surface area contributed by atoms with Gasteiger partial charge >= 0.3 is 0 Å². The molecule has 1 atom stereocenters. The molecule has 2 N–H and O–H groups in total. The number of nitrogens with zero attached hydrogens (tertiary/aromatic N) is 2. The van der Waals surface area contributed by atoms with Crippen LogP contribution in [0.3, 0.4) is 0 Å². The molecule has 5 heteroatoms. The molecule has 23 heavy (non-hydrogen) atoms. The first-order valence-corrected chi connectivity index (χ1v) is 7.67. The van der Waals surface area contributed by atoms with Gasteiger partial charge in [-0.3, -0.25) is 0 Å². The molecule has 0 aliphatic rings. The van der Waals surface area contributed by atoms with Gasteiger partial charge in [-0.2, -0.15) is 0 Å². The van der Waals surface area contributed by atoms with Gasteiger partial charge in [0, 0.05) is 13.0 Å². The summed E-state index contributed by atoms with van der Waals surface area (Å²) in [6.07, 6.45) is 0.414. The lowest BCUT2D eigenvalue weighted by Gasteiger charge is -2.15. The number of aliphatic hydroxyl groups is 2. The molecule has 0 saturated heterocycles. The Bertz CT molecular complexity index is 801. The van der Waals surface area contributed by atoms with E-state index in [1.165, 1.54) is 12.1 Å². The highest BCUT2D eigenvalue weighted by Gasteiger charge is 2.15. The molecule has 120 valence electrons. The molecule has 0 fully saturated rings. The van der Waals surface area contributed by atoms with Crippen molar-refractivity contribution < 1.29 is 14.6 Å². The van der Waals surface area contributed by atoms with E-state index < -0.39 is 6.10 Å². The van der Waals surface area contributed by atoms with Gasteiger partial charge in [0.2, 0.25) is 0 Å². The van der Waals surface area contributed by atoms with E-state index in [-0.39, 0.29) is 12.4 Å². The summed E-state index contributed by atoms with van der Waals surface area (Å²) in [5.41, 5.74) is 2.32. The van der Waals surface area contributed by atoms with Crippen molar-refractivity contribution in [2.45, 2.75) is 25.5 Å². The van der Waals surface area contributed by atoms with Crippen molar-refractivity contribution in [3.05, 3.63) is 65.7 Å². The second-order valence-corrected chi connectivity index (χ2v) is 5.53. The van der Waals surface area contributed by atoms with Crippen molar-refractivity contribution >= 4 is 11.0 Å². The molecule has 0 bridgehead atoms. The van der Waals surface area contributed by atoms with E-state index in [0.717, 1.165) is 16.9 Å². The summed E-state index contributed by atoms with van der Waals surface area (Å²) in [5, 5.41) is 19.5. The maximum absolute atomic E-state index is 13.3. The van der Waals surface area contributed by atoms with Crippen LogP contribution in [-0.2, 0) is 13.0 Å². The first-order chi connectivity index (χ1) is 11.2. The van der Waals surface area contributed by atoms with Crippen LogP contribution in [0.25, 0.3) is 11.0 Å². The maximum atomic E-state index is 13.3.